The minimum atomic E-state index is -0.290. The highest BCUT2D eigenvalue weighted by molar-refractivity contribution is 8.14. The SMILES string of the molecule is COc1cc(OC)c([C@H]2SC(C)=Nc3c2c(=O)[nH]n3C(C)C)c(OC)c1. The van der Waals surface area contributed by atoms with E-state index in [2.05, 4.69) is 10.1 Å². The summed E-state index contributed by atoms with van der Waals surface area (Å²) in [6.07, 6.45) is 0. The van der Waals surface area contributed by atoms with Crippen LogP contribution < -0.4 is 19.8 Å². The van der Waals surface area contributed by atoms with E-state index in [1.54, 1.807) is 38.1 Å². The minimum Gasteiger partial charge on any atom is -0.496 e. The van der Waals surface area contributed by atoms with Crippen molar-refractivity contribution in [3.8, 4) is 17.2 Å². The number of benzene rings is 1. The summed E-state index contributed by atoms with van der Waals surface area (Å²) in [5, 5.41) is 3.49. The second kappa shape index (κ2) is 7.11. The molecule has 7 nitrogen and oxygen atoms in total. The maximum Gasteiger partial charge on any atom is 0.271 e. The van der Waals surface area contributed by atoms with E-state index < -0.39 is 0 Å². The van der Waals surface area contributed by atoms with Crippen molar-refractivity contribution in [1.29, 1.82) is 0 Å². The molecule has 26 heavy (non-hydrogen) atoms. The third kappa shape index (κ3) is 2.98. The number of ether oxygens (including phenoxy) is 3. The van der Waals surface area contributed by atoms with Crippen LogP contribution in [0.4, 0.5) is 5.82 Å². The number of thioether (sulfide) groups is 1. The fraction of sp³-hybridized carbons (Fsp3) is 0.444. The van der Waals surface area contributed by atoms with E-state index in [0.29, 0.717) is 28.6 Å². The maximum atomic E-state index is 12.7. The van der Waals surface area contributed by atoms with Crippen LogP contribution in [-0.4, -0.2) is 36.2 Å². The molecule has 0 bridgehead atoms. The van der Waals surface area contributed by atoms with Crippen LogP contribution in [0.25, 0.3) is 0 Å². The highest BCUT2D eigenvalue weighted by atomic mass is 32.2. The van der Waals surface area contributed by atoms with Gasteiger partial charge in [0.05, 0.1) is 42.7 Å². The summed E-state index contributed by atoms with van der Waals surface area (Å²) in [5.41, 5.74) is 1.25. The average Bonchev–Trinajstić information content (AvgIpc) is 2.96. The Kier molecular flexibility index (Phi) is 5.04. The molecule has 3 rings (SSSR count). The molecule has 0 unspecified atom stereocenters. The molecule has 2 heterocycles. The molecule has 0 saturated heterocycles. The van der Waals surface area contributed by atoms with Crippen LogP contribution in [-0.2, 0) is 0 Å². The molecule has 0 saturated carbocycles. The van der Waals surface area contributed by atoms with E-state index in [1.165, 1.54) is 11.8 Å². The number of aliphatic imine (C=N–C) groups is 1. The van der Waals surface area contributed by atoms with Gasteiger partial charge in [-0.2, -0.15) is 0 Å². The molecule has 1 aromatic heterocycles. The van der Waals surface area contributed by atoms with Crippen molar-refractivity contribution >= 4 is 22.6 Å². The number of methoxy groups -OCH3 is 3. The first kappa shape index (κ1) is 18.4. The molecule has 0 radical (unpaired) electrons. The number of hydrogen-bond donors (Lipinski definition) is 1. The quantitative estimate of drug-likeness (QED) is 0.860. The van der Waals surface area contributed by atoms with Gasteiger partial charge in [-0.1, -0.05) is 11.8 Å². The zero-order valence-corrected chi connectivity index (χ0v) is 16.6. The number of nitrogens with one attached hydrogen (secondary N) is 1. The first-order chi connectivity index (χ1) is 12.4. The van der Waals surface area contributed by atoms with Crippen molar-refractivity contribution < 1.29 is 14.2 Å². The summed E-state index contributed by atoms with van der Waals surface area (Å²) in [5.74, 6) is 2.50. The van der Waals surface area contributed by atoms with Crippen LogP contribution in [0, 0.1) is 0 Å². The number of nitrogens with zero attached hydrogens (tertiary/aromatic N) is 2. The molecule has 0 aliphatic carbocycles. The number of H-pyrrole nitrogens is 1. The first-order valence-electron chi connectivity index (χ1n) is 8.27. The van der Waals surface area contributed by atoms with E-state index in [9.17, 15) is 4.79 Å². The molecule has 0 amide bonds. The van der Waals surface area contributed by atoms with Gasteiger partial charge in [-0.15, -0.1) is 0 Å². The van der Waals surface area contributed by atoms with E-state index in [4.69, 9.17) is 14.2 Å². The van der Waals surface area contributed by atoms with Crippen molar-refractivity contribution in [3.63, 3.8) is 0 Å². The largest absolute Gasteiger partial charge is 0.496 e. The van der Waals surface area contributed by atoms with Gasteiger partial charge in [-0.3, -0.25) is 14.6 Å². The Morgan fingerprint density at radius 1 is 1.12 bits per heavy atom. The predicted octanol–water partition coefficient (Wildman–Crippen LogP) is 3.67. The Hall–Kier alpha value is -2.35. The van der Waals surface area contributed by atoms with E-state index in [-0.39, 0.29) is 16.9 Å². The van der Waals surface area contributed by atoms with Gasteiger partial charge in [-0.05, 0) is 20.8 Å². The molecule has 1 N–H and O–H groups in total. The Morgan fingerprint density at radius 3 is 2.23 bits per heavy atom. The third-order valence-electron chi connectivity index (χ3n) is 4.28. The second-order valence-electron chi connectivity index (χ2n) is 6.22. The van der Waals surface area contributed by atoms with Gasteiger partial charge in [-0.25, -0.2) is 4.99 Å². The lowest BCUT2D eigenvalue weighted by Crippen LogP contribution is -2.15. The molecule has 0 spiro atoms. The lowest BCUT2D eigenvalue weighted by atomic mass is 10.0. The standard InChI is InChI=1S/C18H23N3O4S/c1-9(2)21-17-15(18(22)20-21)16(26-10(3)19-17)14-12(24-5)7-11(23-4)8-13(14)25-6/h7-9,16H,1-6H3,(H,20,22)/t16-/m1/s1. The smallest absolute Gasteiger partial charge is 0.271 e. The summed E-state index contributed by atoms with van der Waals surface area (Å²) >= 11 is 1.51. The summed E-state index contributed by atoms with van der Waals surface area (Å²) in [6.45, 7) is 5.95. The molecule has 8 heteroatoms. The highest BCUT2D eigenvalue weighted by Gasteiger charge is 2.34. The first-order valence-corrected chi connectivity index (χ1v) is 9.15. The lowest BCUT2D eigenvalue weighted by Gasteiger charge is -2.25. The van der Waals surface area contributed by atoms with Gasteiger partial charge in [0.1, 0.15) is 17.2 Å². The number of fused-ring (bicyclic) bond motifs is 1. The van der Waals surface area contributed by atoms with Crippen LogP contribution in [0.3, 0.4) is 0 Å². The summed E-state index contributed by atoms with van der Waals surface area (Å²) in [6, 6.07) is 3.69. The molecule has 1 aliphatic rings. The molecule has 2 aromatic rings. The molecule has 1 atom stereocenters. The van der Waals surface area contributed by atoms with Gasteiger partial charge in [0, 0.05) is 18.2 Å². The highest BCUT2D eigenvalue weighted by Crippen LogP contribution is 2.50. The molecular weight excluding hydrogens is 354 g/mol. The fourth-order valence-electron chi connectivity index (χ4n) is 3.08. The Balaban J connectivity index is 2.28. The van der Waals surface area contributed by atoms with Gasteiger partial charge in [0.15, 0.2) is 5.82 Å². The van der Waals surface area contributed by atoms with Crippen LogP contribution in [0.15, 0.2) is 21.9 Å². The topological polar surface area (TPSA) is 77.8 Å². The second-order valence-corrected chi connectivity index (χ2v) is 7.51. The fourth-order valence-corrected chi connectivity index (χ4v) is 4.24. The Bertz CT molecular complexity index is 889. The predicted molar refractivity (Wildman–Crippen MR) is 104 cm³/mol. The number of rotatable bonds is 5. The number of hydrogen-bond acceptors (Lipinski definition) is 6. The van der Waals surface area contributed by atoms with E-state index in [1.807, 2.05) is 20.8 Å². The van der Waals surface area contributed by atoms with Crippen molar-refractivity contribution in [2.24, 2.45) is 4.99 Å². The maximum absolute atomic E-state index is 12.7. The lowest BCUT2D eigenvalue weighted by molar-refractivity contribution is 0.369. The van der Waals surface area contributed by atoms with Crippen LogP contribution >= 0.6 is 11.8 Å². The molecular formula is C18H23N3O4S. The summed E-state index contributed by atoms with van der Waals surface area (Å²) in [4.78, 5) is 17.3. The monoisotopic (exact) mass is 377 g/mol. The summed E-state index contributed by atoms with van der Waals surface area (Å²) in [7, 11) is 4.78. The van der Waals surface area contributed by atoms with Gasteiger partial charge in [0.25, 0.3) is 5.56 Å². The normalized spacial score (nSPS) is 16.3. The molecule has 0 fully saturated rings. The zero-order valence-electron chi connectivity index (χ0n) is 15.7. The molecule has 1 aromatic carbocycles. The third-order valence-corrected chi connectivity index (χ3v) is 5.42. The van der Waals surface area contributed by atoms with Crippen LogP contribution in [0.1, 0.15) is 43.2 Å². The Morgan fingerprint density at radius 2 is 1.73 bits per heavy atom. The van der Waals surface area contributed by atoms with Crippen molar-refractivity contribution in [1.82, 2.24) is 9.78 Å². The number of aromatic nitrogens is 2. The van der Waals surface area contributed by atoms with Crippen molar-refractivity contribution in [2.75, 3.05) is 21.3 Å². The zero-order chi connectivity index (χ0) is 19.0. The number of aromatic amines is 1. The molecule has 1 aliphatic heterocycles. The van der Waals surface area contributed by atoms with Gasteiger partial charge < -0.3 is 14.2 Å². The van der Waals surface area contributed by atoms with Crippen molar-refractivity contribution in [2.45, 2.75) is 32.1 Å². The minimum absolute atomic E-state index is 0.0893. The van der Waals surface area contributed by atoms with E-state index >= 15 is 0 Å². The average molecular weight is 377 g/mol. The Labute approximate surface area is 156 Å². The summed E-state index contributed by atoms with van der Waals surface area (Å²) < 4.78 is 18.3. The van der Waals surface area contributed by atoms with Gasteiger partial charge in [0.2, 0.25) is 0 Å². The molecule has 140 valence electrons. The van der Waals surface area contributed by atoms with Crippen LogP contribution in [0.5, 0.6) is 17.2 Å². The van der Waals surface area contributed by atoms with E-state index in [0.717, 1.165) is 10.6 Å². The van der Waals surface area contributed by atoms with Crippen molar-refractivity contribution in [3.05, 3.63) is 33.6 Å². The van der Waals surface area contributed by atoms with Gasteiger partial charge >= 0.3 is 0 Å². The van der Waals surface area contributed by atoms with Crippen LogP contribution in [0.2, 0.25) is 0 Å².